The quantitative estimate of drug-likeness (QED) is 0.453. The van der Waals surface area contributed by atoms with Gasteiger partial charge < -0.3 is 4.57 Å². The SMILES string of the molecule is [B]c1c([B])c(C(=O)Nc2ncc3ccc(-c4cnc(C)n4C)cc3n2)c([B])c([B])c1Cl. The van der Waals surface area contributed by atoms with Crippen LogP contribution in [0.15, 0.2) is 30.6 Å². The van der Waals surface area contributed by atoms with Gasteiger partial charge in [0, 0.05) is 34.8 Å². The van der Waals surface area contributed by atoms with Crippen molar-refractivity contribution in [1.82, 2.24) is 19.5 Å². The Labute approximate surface area is 189 Å². The topological polar surface area (TPSA) is 72.7 Å². The monoisotopic (exact) mass is 417 g/mol. The minimum Gasteiger partial charge on any atom is -0.331 e. The number of carbonyl (C=O) groups is 1. The lowest BCUT2D eigenvalue weighted by atomic mass is 9.67. The fourth-order valence-corrected chi connectivity index (χ4v) is 3.42. The van der Waals surface area contributed by atoms with Gasteiger partial charge in [-0.1, -0.05) is 45.6 Å². The van der Waals surface area contributed by atoms with Crippen molar-refractivity contribution in [2.45, 2.75) is 6.92 Å². The predicted molar refractivity (Wildman–Crippen MR) is 127 cm³/mol. The number of nitrogens with one attached hydrogen (secondary N) is 1. The number of anilines is 1. The van der Waals surface area contributed by atoms with Gasteiger partial charge in [-0.25, -0.2) is 15.0 Å². The van der Waals surface area contributed by atoms with Gasteiger partial charge in [-0.05, 0) is 13.0 Å². The van der Waals surface area contributed by atoms with E-state index < -0.39 is 5.91 Å². The molecular formula is C20H12B4ClN5O. The lowest BCUT2D eigenvalue weighted by Gasteiger charge is -2.18. The number of aromatic nitrogens is 4. The van der Waals surface area contributed by atoms with Crippen LogP contribution in [0.2, 0.25) is 5.02 Å². The third-order valence-electron chi connectivity index (χ3n) is 5.14. The van der Waals surface area contributed by atoms with Crippen LogP contribution in [0.3, 0.4) is 0 Å². The molecule has 0 saturated heterocycles. The van der Waals surface area contributed by atoms with Crippen LogP contribution in [0, 0.1) is 6.92 Å². The molecule has 2 aromatic carbocycles. The maximum atomic E-state index is 12.8. The average Bonchev–Trinajstić information content (AvgIpc) is 3.09. The van der Waals surface area contributed by atoms with Crippen molar-refractivity contribution in [2.75, 3.05) is 5.32 Å². The Morgan fingerprint density at radius 3 is 2.32 bits per heavy atom. The van der Waals surface area contributed by atoms with E-state index in [-0.39, 0.29) is 38.4 Å². The maximum Gasteiger partial charge on any atom is 0.256 e. The summed E-state index contributed by atoms with van der Waals surface area (Å²) >= 11 is 6.00. The Balaban J connectivity index is 1.71. The van der Waals surface area contributed by atoms with E-state index in [9.17, 15) is 4.79 Å². The van der Waals surface area contributed by atoms with Crippen molar-refractivity contribution < 1.29 is 4.79 Å². The smallest absolute Gasteiger partial charge is 0.256 e. The number of aryl methyl sites for hydroxylation is 1. The fraction of sp³-hybridized carbons (Fsp3) is 0.100. The Kier molecular flexibility index (Phi) is 5.43. The predicted octanol–water partition coefficient (Wildman–Crippen LogP) is -0.580. The lowest BCUT2D eigenvalue weighted by molar-refractivity contribution is 0.102. The summed E-state index contributed by atoms with van der Waals surface area (Å²) in [6.07, 6.45) is 3.40. The van der Waals surface area contributed by atoms with E-state index in [4.69, 9.17) is 43.0 Å². The van der Waals surface area contributed by atoms with Crippen LogP contribution in [0.4, 0.5) is 5.95 Å². The van der Waals surface area contributed by atoms with Crippen LogP contribution in [-0.4, -0.2) is 56.8 Å². The zero-order valence-electron chi connectivity index (χ0n) is 16.8. The summed E-state index contributed by atoms with van der Waals surface area (Å²) in [5, 5.41) is 3.40. The maximum absolute atomic E-state index is 12.8. The summed E-state index contributed by atoms with van der Waals surface area (Å²) in [7, 11) is 25.5. The minimum absolute atomic E-state index is 0.00596. The second-order valence-electron chi connectivity index (χ2n) is 7.01. The fourth-order valence-electron chi connectivity index (χ4n) is 3.22. The van der Waals surface area contributed by atoms with Gasteiger partial charge in [0.1, 0.15) is 37.2 Å². The van der Waals surface area contributed by atoms with E-state index in [0.717, 1.165) is 22.5 Å². The Morgan fingerprint density at radius 1 is 1.03 bits per heavy atom. The van der Waals surface area contributed by atoms with Crippen molar-refractivity contribution in [3.63, 3.8) is 0 Å². The number of amides is 1. The Hall–Kier alpha value is -2.99. The van der Waals surface area contributed by atoms with Gasteiger partial charge in [0.05, 0.1) is 17.4 Å². The molecule has 4 rings (SSSR count). The molecule has 1 N–H and O–H groups in total. The van der Waals surface area contributed by atoms with Crippen LogP contribution in [0.25, 0.3) is 22.2 Å². The molecule has 4 aromatic rings. The third-order valence-corrected chi connectivity index (χ3v) is 5.55. The number of hydrogen-bond donors (Lipinski definition) is 1. The zero-order chi connectivity index (χ0) is 22.4. The molecule has 31 heavy (non-hydrogen) atoms. The molecule has 8 radical (unpaired) electrons. The first-order chi connectivity index (χ1) is 14.7. The lowest BCUT2D eigenvalue weighted by Crippen LogP contribution is -2.47. The standard InChI is InChI=1S/C20H12B4ClN5O/c1-8-26-7-12(30(8)2)9-3-4-10-6-27-20(28-11(10)5-9)29-19(31)13-14(21)16(23)18(25)17(24)15(13)22/h3-7H,1-2H3,(H,27,28,29,31). The first-order valence-electron chi connectivity index (χ1n) is 9.17. The molecule has 0 bridgehead atoms. The summed E-state index contributed by atoms with van der Waals surface area (Å²) in [5.74, 6) is 0.312. The number of nitrogens with zero attached hydrogens (tertiary/aromatic N) is 4. The molecule has 1 amide bonds. The first-order valence-corrected chi connectivity index (χ1v) is 9.55. The summed E-state index contributed by atoms with van der Waals surface area (Å²) < 4.78 is 1.98. The second kappa shape index (κ2) is 7.93. The normalized spacial score (nSPS) is 11.1. The highest BCUT2D eigenvalue weighted by molar-refractivity contribution is 6.65. The van der Waals surface area contributed by atoms with Crippen LogP contribution in [0.1, 0.15) is 16.2 Å². The number of imidazole rings is 1. The summed E-state index contributed by atoms with van der Waals surface area (Å²) in [5.41, 5.74) is 2.25. The molecule has 0 aliphatic rings. The molecule has 0 unspecified atom stereocenters. The van der Waals surface area contributed by atoms with Gasteiger partial charge in [0.2, 0.25) is 5.95 Å². The highest BCUT2D eigenvalue weighted by Gasteiger charge is 2.18. The number of halogens is 1. The van der Waals surface area contributed by atoms with Crippen LogP contribution < -0.4 is 27.2 Å². The minimum atomic E-state index is -0.650. The van der Waals surface area contributed by atoms with Gasteiger partial charge in [-0.3, -0.25) is 10.1 Å². The number of carbonyl (C=O) groups excluding carboxylic acids is 1. The zero-order valence-corrected chi connectivity index (χ0v) is 17.5. The molecular weight excluding hydrogens is 405 g/mol. The number of rotatable bonds is 3. The van der Waals surface area contributed by atoms with Gasteiger partial charge in [0.15, 0.2) is 0 Å². The highest BCUT2D eigenvalue weighted by atomic mass is 35.5. The van der Waals surface area contributed by atoms with E-state index in [1.54, 1.807) is 12.4 Å². The number of benzene rings is 2. The van der Waals surface area contributed by atoms with E-state index in [1.807, 2.05) is 36.7 Å². The molecule has 0 atom stereocenters. The summed E-state index contributed by atoms with van der Waals surface area (Å²) in [6.45, 7) is 1.92. The number of fused-ring (bicyclic) bond motifs is 1. The van der Waals surface area contributed by atoms with Crippen molar-refractivity contribution in [3.05, 3.63) is 47.0 Å². The van der Waals surface area contributed by atoms with Crippen molar-refractivity contribution in [1.29, 1.82) is 0 Å². The van der Waals surface area contributed by atoms with Crippen LogP contribution >= 0.6 is 11.6 Å². The molecule has 142 valence electrons. The first kappa shape index (κ1) is 21.2. The Bertz CT molecular complexity index is 1340. The molecule has 6 nitrogen and oxygen atoms in total. The van der Waals surface area contributed by atoms with Gasteiger partial charge in [-0.2, -0.15) is 0 Å². The molecule has 2 heterocycles. The van der Waals surface area contributed by atoms with Crippen molar-refractivity contribution >= 4 is 87.6 Å². The van der Waals surface area contributed by atoms with Gasteiger partial charge >= 0.3 is 0 Å². The molecule has 0 aliphatic heterocycles. The Morgan fingerprint density at radius 2 is 1.71 bits per heavy atom. The molecule has 2 aromatic heterocycles. The summed E-state index contributed by atoms with van der Waals surface area (Å²) in [4.78, 5) is 25.8. The van der Waals surface area contributed by atoms with Crippen LogP contribution in [0.5, 0.6) is 0 Å². The highest BCUT2D eigenvalue weighted by Crippen LogP contribution is 2.24. The third kappa shape index (κ3) is 3.65. The molecule has 0 aliphatic carbocycles. The van der Waals surface area contributed by atoms with Crippen LogP contribution in [-0.2, 0) is 7.05 Å². The van der Waals surface area contributed by atoms with Gasteiger partial charge in [-0.15, -0.1) is 0 Å². The average molecular weight is 417 g/mol. The van der Waals surface area contributed by atoms with E-state index in [1.165, 1.54) is 0 Å². The van der Waals surface area contributed by atoms with Gasteiger partial charge in [0.25, 0.3) is 5.91 Å². The van der Waals surface area contributed by atoms with E-state index in [0.29, 0.717) is 5.52 Å². The second-order valence-corrected chi connectivity index (χ2v) is 7.39. The van der Waals surface area contributed by atoms with Crippen molar-refractivity contribution in [3.8, 4) is 11.3 Å². The molecule has 11 heteroatoms. The van der Waals surface area contributed by atoms with E-state index in [2.05, 4.69) is 20.3 Å². The largest absolute Gasteiger partial charge is 0.331 e. The molecule has 0 spiro atoms. The van der Waals surface area contributed by atoms with Crippen molar-refractivity contribution in [2.24, 2.45) is 7.05 Å². The summed E-state index contributed by atoms with van der Waals surface area (Å²) in [6, 6.07) is 5.75. The molecule has 0 saturated carbocycles. The van der Waals surface area contributed by atoms with E-state index >= 15 is 0 Å². The number of hydrogen-bond acceptors (Lipinski definition) is 4. The molecule has 0 fully saturated rings.